The summed E-state index contributed by atoms with van der Waals surface area (Å²) >= 11 is 0. The maximum atomic E-state index is 11.9. The number of halogens is 1. The highest BCUT2D eigenvalue weighted by atomic mass is 127. The van der Waals surface area contributed by atoms with E-state index in [0.29, 0.717) is 13.2 Å². The Hall–Kier alpha value is -1.65. The molecule has 0 aliphatic carbocycles. The molecule has 1 aromatic rings. The van der Waals surface area contributed by atoms with E-state index in [1.165, 1.54) is 5.56 Å². The summed E-state index contributed by atoms with van der Waals surface area (Å²) in [5.41, 5.74) is 1.23. The van der Waals surface area contributed by atoms with Gasteiger partial charge in [0, 0.05) is 52.9 Å². The van der Waals surface area contributed by atoms with E-state index in [-0.39, 0.29) is 36.4 Å². The Morgan fingerprint density at radius 3 is 2.55 bits per heavy atom. The van der Waals surface area contributed by atoms with E-state index in [0.717, 1.165) is 45.2 Å². The number of piperazine rings is 1. The highest BCUT2D eigenvalue weighted by molar-refractivity contribution is 14.0. The van der Waals surface area contributed by atoms with Crippen LogP contribution in [0.5, 0.6) is 0 Å². The van der Waals surface area contributed by atoms with Gasteiger partial charge in [0.2, 0.25) is 5.91 Å². The summed E-state index contributed by atoms with van der Waals surface area (Å²) in [6, 6.07) is 10.4. The Kier molecular flexibility index (Phi) is 13.3. The van der Waals surface area contributed by atoms with Gasteiger partial charge in [-0.2, -0.15) is 0 Å². The number of methoxy groups -OCH3 is 1. The van der Waals surface area contributed by atoms with Crippen molar-refractivity contribution in [2.24, 2.45) is 4.99 Å². The second-order valence-corrected chi connectivity index (χ2v) is 6.61. The van der Waals surface area contributed by atoms with Crippen LogP contribution in [0.15, 0.2) is 41.4 Å². The number of guanidine groups is 1. The van der Waals surface area contributed by atoms with Crippen molar-refractivity contribution >= 4 is 41.9 Å². The van der Waals surface area contributed by atoms with E-state index < -0.39 is 0 Å². The largest absolute Gasteiger partial charge is 0.383 e. The Labute approximate surface area is 191 Å². The fraction of sp³-hybridized carbons (Fsp3) is 0.524. The molecule has 7 nitrogen and oxygen atoms in total. The molecular formula is C21H34IN5O2. The lowest BCUT2D eigenvalue weighted by Gasteiger charge is -2.36. The number of benzene rings is 1. The molecule has 2 rings (SSSR count). The SMILES string of the molecule is CCNC(=NCC(=O)NCCOC)N1CCN(C/C=C/c2ccccc2)CC1.I. The van der Waals surface area contributed by atoms with Gasteiger partial charge in [-0.05, 0) is 12.5 Å². The van der Waals surface area contributed by atoms with Crippen LogP contribution >= 0.6 is 24.0 Å². The van der Waals surface area contributed by atoms with Crippen LogP contribution < -0.4 is 10.6 Å². The van der Waals surface area contributed by atoms with Gasteiger partial charge in [-0.3, -0.25) is 9.69 Å². The molecule has 1 aliphatic heterocycles. The van der Waals surface area contributed by atoms with Gasteiger partial charge in [0.05, 0.1) is 6.61 Å². The molecule has 1 amide bonds. The number of nitrogens with zero attached hydrogens (tertiary/aromatic N) is 3. The number of carbonyl (C=O) groups is 1. The van der Waals surface area contributed by atoms with Gasteiger partial charge in [-0.1, -0.05) is 42.5 Å². The fourth-order valence-electron chi connectivity index (χ4n) is 2.97. The first kappa shape index (κ1) is 25.4. The summed E-state index contributed by atoms with van der Waals surface area (Å²) in [5, 5.41) is 6.09. The van der Waals surface area contributed by atoms with Crippen molar-refractivity contribution in [1.82, 2.24) is 20.4 Å². The molecule has 1 heterocycles. The zero-order chi connectivity index (χ0) is 20.0. The van der Waals surface area contributed by atoms with Crippen LogP contribution in [0.4, 0.5) is 0 Å². The summed E-state index contributed by atoms with van der Waals surface area (Å²) in [7, 11) is 1.62. The van der Waals surface area contributed by atoms with Crippen molar-refractivity contribution in [1.29, 1.82) is 0 Å². The van der Waals surface area contributed by atoms with Crippen molar-refractivity contribution in [2.45, 2.75) is 6.92 Å². The summed E-state index contributed by atoms with van der Waals surface area (Å²) < 4.78 is 4.93. The lowest BCUT2D eigenvalue weighted by Crippen LogP contribution is -2.52. The average molecular weight is 515 g/mol. The topological polar surface area (TPSA) is 69.2 Å². The molecule has 1 aromatic carbocycles. The molecule has 2 N–H and O–H groups in total. The van der Waals surface area contributed by atoms with Crippen molar-refractivity contribution < 1.29 is 9.53 Å². The second kappa shape index (κ2) is 15.2. The highest BCUT2D eigenvalue weighted by Crippen LogP contribution is 2.05. The molecule has 0 radical (unpaired) electrons. The van der Waals surface area contributed by atoms with Gasteiger partial charge < -0.3 is 20.3 Å². The predicted molar refractivity (Wildman–Crippen MR) is 130 cm³/mol. The highest BCUT2D eigenvalue weighted by Gasteiger charge is 2.18. The Bertz CT molecular complexity index is 631. The van der Waals surface area contributed by atoms with Crippen LogP contribution in [-0.4, -0.2) is 87.7 Å². The van der Waals surface area contributed by atoms with Crippen LogP contribution in [0.25, 0.3) is 6.08 Å². The molecule has 0 spiro atoms. The number of aliphatic imine (C=N–C) groups is 1. The van der Waals surface area contributed by atoms with Gasteiger partial charge in [0.15, 0.2) is 5.96 Å². The van der Waals surface area contributed by atoms with Crippen LogP contribution in [0.2, 0.25) is 0 Å². The van der Waals surface area contributed by atoms with Gasteiger partial charge in [-0.25, -0.2) is 4.99 Å². The van der Waals surface area contributed by atoms with E-state index in [1.807, 2.05) is 13.0 Å². The van der Waals surface area contributed by atoms with E-state index in [1.54, 1.807) is 7.11 Å². The molecule has 0 atom stereocenters. The van der Waals surface area contributed by atoms with E-state index in [2.05, 4.69) is 61.8 Å². The third-order valence-electron chi connectivity index (χ3n) is 4.48. The van der Waals surface area contributed by atoms with Crippen LogP contribution in [0, 0.1) is 0 Å². The minimum Gasteiger partial charge on any atom is -0.383 e. The minimum atomic E-state index is -0.0860. The molecule has 1 aliphatic rings. The average Bonchev–Trinajstić information content (AvgIpc) is 2.73. The normalized spacial score (nSPS) is 15.2. The smallest absolute Gasteiger partial charge is 0.241 e. The van der Waals surface area contributed by atoms with Gasteiger partial charge >= 0.3 is 0 Å². The maximum Gasteiger partial charge on any atom is 0.241 e. The Morgan fingerprint density at radius 1 is 1.17 bits per heavy atom. The van der Waals surface area contributed by atoms with E-state index >= 15 is 0 Å². The molecule has 0 saturated carbocycles. The predicted octanol–water partition coefficient (Wildman–Crippen LogP) is 1.66. The zero-order valence-electron chi connectivity index (χ0n) is 17.5. The van der Waals surface area contributed by atoms with Crippen molar-refractivity contribution in [3.63, 3.8) is 0 Å². The second-order valence-electron chi connectivity index (χ2n) is 6.61. The molecule has 162 valence electrons. The first-order valence-corrected chi connectivity index (χ1v) is 9.95. The number of rotatable bonds is 9. The maximum absolute atomic E-state index is 11.9. The van der Waals surface area contributed by atoms with Gasteiger partial charge in [0.25, 0.3) is 0 Å². The van der Waals surface area contributed by atoms with Gasteiger partial charge in [-0.15, -0.1) is 24.0 Å². The van der Waals surface area contributed by atoms with Crippen LogP contribution in [0.1, 0.15) is 12.5 Å². The summed E-state index contributed by atoms with van der Waals surface area (Å²) in [4.78, 5) is 21.0. The molecule has 1 fully saturated rings. The lowest BCUT2D eigenvalue weighted by atomic mass is 10.2. The molecule has 1 saturated heterocycles. The zero-order valence-corrected chi connectivity index (χ0v) is 19.8. The van der Waals surface area contributed by atoms with E-state index in [4.69, 9.17) is 4.74 Å². The van der Waals surface area contributed by atoms with Crippen LogP contribution in [-0.2, 0) is 9.53 Å². The minimum absolute atomic E-state index is 0. The number of nitrogens with one attached hydrogen (secondary N) is 2. The number of hydrogen-bond donors (Lipinski definition) is 2. The first-order chi connectivity index (χ1) is 13.7. The molecule has 29 heavy (non-hydrogen) atoms. The summed E-state index contributed by atoms with van der Waals surface area (Å²) in [5.74, 6) is 0.723. The number of ether oxygens (including phenoxy) is 1. The Balaban J connectivity index is 0.00000420. The molecule has 0 bridgehead atoms. The molecule has 0 unspecified atom stereocenters. The molecule has 0 aromatic heterocycles. The van der Waals surface area contributed by atoms with E-state index in [9.17, 15) is 4.79 Å². The van der Waals surface area contributed by atoms with Crippen molar-refractivity contribution in [3.05, 3.63) is 42.0 Å². The van der Waals surface area contributed by atoms with Crippen molar-refractivity contribution in [2.75, 3.05) is 66.1 Å². The quantitative estimate of drug-likeness (QED) is 0.227. The number of hydrogen-bond acceptors (Lipinski definition) is 4. The number of carbonyl (C=O) groups excluding carboxylic acids is 1. The molecule has 8 heteroatoms. The number of amides is 1. The summed E-state index contributed by atoms with van der Waals surface area (Å²) in [6.07, 6.45) is 4.38. The van der Waals surface area contributed by atoms with Crippen LogP contribution in [0.3, 0.4) is 0 Å². The molecular weight excluding hydrogens is 481 g/mol. The monoisotopic (exact) mass is 515 g/mol. The third-order valence-corrected chi connectivity index (χ3v) is 4.48. The summed E-state index contributed by atoms with van der Waals surface area (Å²) in [6.45, 7) is 8.67. The third kappa shape index (κ3) is 10.1. The van der Waals surface area contributed by atoms with Gasteiger partial charge in [0.1, 0.15) is 6.54 Å². The fourth-order valence-corrected chi connectivity index (χ4v) is 2.97. The Morgan fingerprint density at radius 2 is 1.90 bits per heavy atom. The standard InChI is InChI=1S/C21H33N5O2.HI/c1-3-22-21(24-18-20(27)23-11-17-28-2)26-15-13-25(14-16-26)12-7-10-19-8-5-4-6-9-19;/h4-10H,3,11-18H2,1-2H3,(H,22,24)(H,23,27);1H/b10-7+;. The first-order valence-electron chi connectivity index (χ1n) is 9.95. The van der Waals surface area contributed by atoms with Crippen molar-refractivity contribution in [3.8, 4) is 0 Å². The lowest BCUT2D eigenvalue weighted by molar-refractivity contribution is -0.119.